The maximum absolute atomic E-state index is 12.9. The zero-order chi connectivity index (χ0) is 16.4. The molecule has 1 fully saturated rings. The minimum atomic E-state index is -0.338. The van der Waals surface area contributed by atoms with Crippen LogP contribution in [0.15, 0.2) is 10.5 Å². The highest BCUT2D eigenvalue weighted by Gasteiger charge is 2.56. The van der Waals surface area contributed by atoms with Crippen molar-refractivity contribution in [1.29, 1.82) is 0 Å². The molecule has 1 N–H and O–H groups in total. The Morgan fingerprint density at radius 3 is 3.00 bits per heavy atom. The molecular weight excluding hydrogens is 362 g/mol. The zero-order valence-electron chi connectivity index (χ0n) is 13.3. The summed E-state index contributed by atoms with van der Waals surface area (Å²) in [4.78, 5) is 14.6. The molecule has 3 unspecified atom stereocenters. The summed E-state index contributed by atoms with van der Waals surface area (Å²) in [7, 11) is 3.46. The van der Waals surface area contributed by atoms with Gasteiger partial charge in [-0.25, -0.2) is 0 Å². The lowest BCUT2D eigenvalue weighted by molar-refractivity contribution is 0.0120. The van der Waals surface area contributed by atoms with Gasteiger partial charge in [0.05, 0.1) is 18.8 Å². The molecule has 0 aromatic heterocycles. The fraction of sp³-hybridized carbons (Fsp3) is 0.588. The lowest BCUT2D eigenvalue weighted by Crippen LogP contribution is -2.46. The number of hydrogen-bond acceptors (Lipinski definition) is 4. The van der Waals surface area contributed by atoms with Crippen LogP contribution < -0.4 is 9.47 Å². The highest BCUT2D eigenvalue weighted by atomic mass is 79.9. The second-order valence-electron chi connectivity index (χ2n) is 6.81. The van der Waals surface area contributed by atoms with Crippen LogP contribution in [0.25, 0.3) is 0 Å². The molecule has 5 nitrogen and oxygen atoms in total. The topological polar surface area (TPSA) is 59.0 Å². The third kappa shape index (κ3) is 1.97. The standard InChI is InChI=1S/C17H20BrNO4/c1-19-6-5-17-4-3-9(20)7-12(17)23-15-11(22-2)8-10(18)13(14(15)17)16(19)21/h8-9,12,20H,3-7H2,1-2H3. The lowest BCUT2D eigenvalue weighted by Gasteiger charge is -2.39. The van der Waals surface area contributed by atoms with Crippen molar-refractivity contribution in [3.63, 3.8) is 0 Å². The van der Waals surface area contributed by atoms with E-state index in [1.807, 2.05) is 13.1 Å². The molecule has 0 saturated heterocycles. The molecule has 0 radical (unpaired) electrons. The highest BCUT2D eigenvalue weighted by Crippen LogP contribution is 2.58. The SMILES string of the molecule is COc1cc(Br)c2c3c1OC1CC(O)CCC31CCN(C)C2=O. The third-order valence-corrected chi connectivity index (χ3v) is 6.28. The van der Waals surface area contributed by atoms with E-state index in [1.54, 1.807) is 12.0 Å². The molecule has 124 valence electrons. The largest absolute Gasteiger partial charge is 0.493 e. The number of aliphatic hydroxyl groups excluding tert-OH is 1. The average Bonchev–Trinajstić information content (AvgIpc) is 2.80. The van der Waals surface area contributed by atoms with Crippen LogP contribution in [0, 0.1) is 0 Å². The molecule has 6 heteroatoms. The van der Waals surface area contributed by atoms with E-state index < -0.39 is 0 Å². The van der Waals surface area contributed by atoms with Crippen LogP contribution in [0.4, 0.5) is 0 Å². The van der Waals surface area contributed by atoms with Crippen LogP contribution in [0.5, 0.6) is 11.5 Å². The molecule has 1 aromatic rings. The van der Waals surface area contributed by atoms with Gasteiger partial charge < -0.3 is 19.5 Å². The van der Waals surface area contributed by atoms with E-state index in [-0.39, 0.29) is 23.5 Å². The molecule has 1 aliphatic carbocycles. The van der Waals surface area contributed by atoms with Crippen molar-refractivity contribution in [2.45, 2.75) is 43.3 Å². The number of amides is 1. The molecule has 2 aliphatic heterocycles. The number of carbonyl (C=O) groups excluding carboxylic acids is 1. The molecule has 2 heterocycles. The summed E-state index contributed by atoms with van der Waals surface area (Å²) in [5.74, 6) is 1.35. The molecule has 23 heavy (non-hydrogen) atoms. The Morgan fingerprint density at radius 2 is 2.26 bits per heavy atom. The maximum atomic E-state index is 12.9. The van der Waals surface area contributed by atoms with Crippen molar-refractivity contribution in [2.24, 2.45) is 0 Å². The second kappa shape index (κ2) is 5.11. The van der Waals surface area contributed by atoms with Gasteiger partial charge in [0.2, 0.25) is 0 Å². The second-order valence-corrected chi connectivity index (χ2v) is 7.66. The Balaban J connectivity index is 2.00. The number of hydrogen-bond donors (Lipinski definition) is 1. The molecule has 1 spiro atoms. The number of methoxy groups -OCH3 is 1. The van der Waals surface area contributed by atoms with E-state index in [2.05, 4.69) is 15.9 Å². The van der Waals surface area contributed by atoms with Crippen LogP contribution >= 0.6 is 15.9 Å². The number of benzene rings is 1. The van der Waals surface area contributed by atoms with Gasteiger partial charge in [0, 0.05) is 35.5 Å². The van der Waals surface area contributed by atoms with E-state index >= 15 is 0 Å². The first-order valence-electron chi connectivity index (χ1n) is 7.99. The summed E-state index contributed by atoms with van der Waals surface area (Å²) < 4.78 is 12.5. The Kier molecular flexibility index (Phi) is 3.39. The molecule has 3 aliphatic rings. The van der Waals surface area contributed by atoms with Gasteiger partial charge in [-0.3, -0.25) is 4.79 Å². The first-order chi connectivity index (χ1) is 11.0. The monoisotopic (exact) mass is 381 g/mol. The third-order valence-electron chi connectivity index (χ3n) is 5.66. The van der Waals surface area contributed by atoms with Gasteiger partial charge in [0.15, 0.2) is 11.5 Å². The van der Waals surface area contributed by atoms with Crippen molar-refractivity contribution in [3.8, 4) is 11.5 Å². The van der Waals surface area contributed by atoms with E-state index in [1.165, 1.54) is 0 Å². The van der Waals surface area contributed by atoms with Crippen molar-refractivity contribution >= 4 is 21.8 Å². The minimum absolute atomic E-state index is 0.0167. The van der Waals surface area contributed by atoms with Gasteiger partial charge in [-0.1, -0.05) is 0 Å². The Labute approximate surface area is 143 Å². The number of halogens is 1. The maximum Gasteiger partial charge on any atom is 0.255 e. The lowest BCUT2D eigenvalue weighted by atomic mass is 9.65. The molecule has 1 aromatic carbocycles. The predicted octanol–water partition coefficient (Wildman–Crippen LogP) is 2.48. The molecule has 0 bridgehead atoms. The van der Waals surface area contributed by atoms with Gasteiger partial charge in [-0.2, -0.15) is 0 Å². The van der Waals surface area contributed by atoms with Crippen LogP contribution in [0.1, 0.15) is 41.6 Å². The fourth-order valence-corrected chi connectivity index (χ4v) is 4.97. The Hall–Kier alpha value is -1.27. The van der Waals surface area contributed by atoms with E-state index in [0.717, 1.165) is 29.3 Å². The van der Waals surface area contributed by atoms with Crippen molar-refractivity contribution in [1.82, 2.24) is 4.90 Å². The number of carbonyl (C=O) groups is 1. The molecule has 1 saturated carbocycles. The first-order valence-corrected chi connectivity index (χ1v) is 8.78. The fourth-order valence-electron chi connectivity index (χ4n) is 4.40. The van der Waals surface area contributed by atoms with Crippen LogP contribution in [-0.2, 0) is 5.41 Å². The normalized spacial score (nSPS) is 32.0. The van der Waals surface area contributed by atoms with Gasteiger partial charge >= 0.3 is 0 Å². The zero-order valence-corrected chi connectivity index (χ0v) is 14.9. The average molecular weight is 382 g/mol. The Bertz CT molecular complexity index is 692. The summed E-state index contributed by atoms with van der Waals surface area (Å²) in [5, 5.41) is 10.1. The summed E-state index contributed by atoms with van der Waals surface area (Å²) in [6, 6.07) is 1.81. The molecule has 1 amide bonds. The molecular formula is C17H20BrNO4. The number of ether oxygens (including phenoxy) is 2. The van der Waals surface area contributed by atoms with Crippen molar-refractivity contribution < 1.29 is 19.4 Å². The first kappa shape index (κ1) is 15.3. The smallest absolute Gasteiger partial charge is 0.255 e. The van der Waals surface area contributed by atoms with Gasteiger partial charge in [-0.15, -0.1) is 0 Å². The number of nitrogens with zero attached hydrogens (tertiary/aromatic N) is 1. The summed E-state index contributed by atoms with van der Waals surface area (Å²) >= 11 is 3.56. The number of aliphatic hydroxyl groups is 1. The van der Waals surface area contributed by atoms with E-state index in [0.29, 0.717) is 30.0 Å². The molecule has 3 atom stereocenters. The molecule has 4 rings (SSSR count). The predicted molar refractivity (Wildman–Crippen MR) is 88.2 cm³/mol. The highest BCUT2D eigenvalue weighted by molar-refractivity contribution is 9.10. The van der Waals surface area contributed by atoms with Gasteiger partial charge in [-0.05, 0) is 41.3 Å². The van der Waals surface area contributed by atoms with Crippen LogP contribution in [-0.4, -0.2) is 48.8 Å². The van der Waals surface area contributed by atoms with Crippen molar-refractivity contribution in [3.05, 3.63) is 21.7 Å². The van der Waals surface area contributed by atoms with Gasteiger partial charge in [0.25, 0.3) is 5.91 Å². The van der Waals surface area contributed by atoms with E-state index in [9.17, 15) is 9.90 Å². The van der Waals surface area contributed by atoms with E-state index in [4.69, 9.17) is 9.47 Å². The summed E-state index contributed by atoms with van der Waals surface area (Å²) in [5.41, 5.74) is 1.47. The quantitative estimate of drug-likeness (QED) is 0.811. The van der Waals surface area contributed by atoms with Gasteiger partial charge in [0.1, 0.15) is 6.10 Å². The van der Waals surface area contributed by atoms with Crippen LogP contribution in [0.2, 0.25) is 0 Å². The summed E-state index contributed by atoms with van der Waals surface area (Å²) in [6.45, 7) is 0.692. The summed E-state index contributed by atoms with van der Waals surface area (Å²) in [6.07, 6.45) is 2.60. The van der Waals surface area contributed by atoms with Crippen LogP contribution in [0.3, 0.4) is 0 Å². The Morgan fingerprint density at radius 1 is 1.48 bits per heavy atom. The minimum Gasteiger partial charge on any atom is -0.493 e. The number of rotatable bonds is 1. The van der Waals surface area contributed by atoms with Crippen molar-refractivity contribution in [2.75, 3.05) is 20.7 Å².